The minimum Gasteiger partial charge on any atom is -0.441 e. The van der Waals surface area contributed by atoms with Crippen molar-refractivity contribution in [2.45, 2.75) is 56.7 Å². The second kappa shape index (κ2) is 10.2. The van der Waals surface area contributed by atoms with Crippen LogP contribution < -0.4 is 10.6 Å². The number of nitrogens with zero attached hydrogens (tertiary/aromatic N) is 1. The molecule has 1 amide bonds. The topological polar surface area (TPSA) is 67.2 Å². The maximum absolute atomic E-state index is 12.2. The number of oxazole rings is 1. The van der Waals surface area contributed by atoms with E-state index < -0.39 is 0 Å². The summed E-state index contributed by atoms with van der Waals surface area (Å²) in [5.41, 5.74) is 0.740. The Morgan fingerprint density at radius 1 is 1.21 bits per heavy atom. The number of carbonyl (C=O) groups excluding carboxylic acids is 1. The molecule has 2 aliphatic heterocycles. The van der Waals surface area contributed by atoms with Crippen LogP contribution in [0.5, 0.6) is 0 Å². The summed E-state index contributed by atoms with van der Waals surface area (Å²) in [5, 5.41) is 7.83. The number of aromatic nitrogens is 1. The van der Waals surface area contributed by atoms with Crippen LogP contribution in [0.15, 0.2) is 28.8 Å². The van der Waals surface area contributed by atoms with Crippen LogP contribution in [-0.4, -0.2) is 29.0 Å². The summed E-state index contributed by atoms with van der Waals surface area (Å²) in [6, 6.07) is 6.64. The first-order valence-corrected chi connectivity index (χ1v) is 9.78. The normalized spacial score (nSPS) is 22.9. The van der Waals surface area contributed by atoms with Crippen molar-refractivity contribution in [2.24, 2.45) is 0 Å². The molecule has 3 heterocycles. The van der Waals surface area contributed by atoms with Crippen molar-refractivity contribution in [3.05, 3.63) is 40.3 Å². The number of benzene rings is 1. The molecule has 0 saturated carbocycles. The summed E-state index contributed by atoms with van der Waals surface area (Å²) in [5.74, 6) is 1.17. The molecule has 154 valence electrons. The SMILES string of the molecule is Cl.Cl.O=C(CCc1ncc(-c2ccc(Cl)cc2Cl)o1)NC1CC2CCC(C1)N2. The number of rotatable bonds is 5. The van der Waals surface area contributed by atoms with E-state index in [1.165, 1.54) is 12.8 Å². The van der Waals surface area contributed by atoms with Gasteiger partial charge < -0.3 is 15.1 Å². The van der Waals surface area contributed by atoms with Crippen molar-refractivity contribution in [3.8, 4) is 11.3 Å². The van der Waals surface area contributed by atoms with E-state index in [1.54, 1.807) is 24.4 Å². The minimum absolute atomic E-state index is 0. The fraction of sp³-hybridized carbons (Fsp3) is 0.474. The zero-order chi connectivity index (χ0) is 18.1. The molecule has 0 aliphatic carbocycles. The number of amides is 1. The Balaban J connectivity index is 0.00000140. The van der Waals surface area contributed by atoms with Gasteiger partial charge in [-0.2, -0.15) is 0 Å². The minimum atomic E-state index is 0. The molecule has 2 bridgehead atoms. The largest absolute Gasteiger partial charge is 0.441 e. The average molecular weight is 467 g/mol. The summed E-state index contributed by atoms with van der Waals surface area (Å²) in [4.78, 5) is 16.5. The van der Waals surface area contributed by atoms with E-state index in [0.717, 1.165) is 18.4 Å². The van der Waals surface area contributed by atoms with Gasteiger partial charge in [-0.25, -0.2) is 4.98 Å². The third kappa shape index (κ3) is 5.55. The Hall–Kier alpha value is -0.980. The summed E-state index contributed by atoms with van der Waals surface area (Å²) in [6.45, 7) is 0. The van der Waals surface area contributed by atoms with E-state index in [4.69, 9.17) is 27.6 Å². The molecule has 1 aromatic heterocycles. The highest BCUT2D eigenvalue weighted by atomic mass is 35.5. The van der Waals surface area contributed by atoms with E-state index in [1.807, 2.05) is 0 Å². The van der Waals surface area contributed by atoms with Gasteiger partial charge in [-0.05, 0) is 43.9 Å². The maximum Gasteiger partial charge on any atom is 0.220 e. The summed E-state index contributed by atoms with van der Waals surface area (Å²) in [7, 11) is 0. The van der Waals surface area contributed by atoms with Gasteiger partial charge >= 0.3 is 0 Å². The molecule has 2 fully saturated rings. The summed E-state index contributed by atoms with van der Waals surface area (Å²) >= 11 is 12.1. The molecule has 0 spiro atoms. The lowest BCUT2D eigenvalue weighted by Gasteiger charge is -2.29. The molecular formula is C19H23Cl4N3O2. The Bertz CT molecular complexity index is 802. The van der Waals surface area contributed by atoms with Crippen LogP contribution in [0.2, 0.25) is 10.0 Å². The van der Waals surface area contributed by atoms with Crippen molar-refractivity contribution >= 4 is 53.9 Å². The van der Waals surface area contributed by atoms with Crippen molar-refractivity contribution in [3.63, 3.8) is 0 Å². The van der Waals surface area contributed by atoms with Crippen molar-refractivity contribution in [1.29, 1.82) is 0 Å². The predicted molar refractivity (Wildman–Crippen MR) is 116 cm³/mol. The third-order valence-corrected chi connectivity index (χ3v) is 5.70. The van der Waals surface area contributed by atoms with Gasteiger partial charge in [0.05, 0.1) is 11.2 Å². The van der Waals surface area contributed by atoms with Crippen LogP contribution in [0.3, 0.4) is 0 Å². The second-order valence-corrected chi connectivity index (χ2v) is 7.96. The lowest BCUT2D eigenvalue weighted by atomic mass is 9.99. The molecule has 2 aliphatic rings. The first kappa shape index (κ1) is 23.3. The quantitative estimate of drug-likeness (QED) is 0.662. The Labute approximate surface area is 186 Å². The van der Waals surface area contributed by atoms with Crippen molar-refractivity contribution < 1.29 is 9.21 Å². The van der Waals surface area contributed by atoms with Crippen LogP contribution in [0.25, 0.3) is 11.3 Å². The molecule has 2 unspecified atom stereocenters. The van der Waals surface area contributed by atoms with Crippen LogP contribution in [0, 0.1) is 0 Å². The number of halogens is 4. The fourth-order valence-electron chi connectivity index (χ4n) is 3.94. The van der Waals surface area contributed by atoms with Crippen LogP contribution >= 0.6 is 48.0 Å². The zero-order valence-electron chi connectivity index (χ0n) is 15.1. The van der Waals surface area contributed by atoms with E-state index in [0.29, 0.717) is 46.6 Å². The van der Waals surface area contributed by atoms with Gasteiger partial charge in [0.2, 0.25) is 5.91 Å². The molecule has 2 N–H and O–H groups in total. The first-order chi connectivity index (χ1) is 12.6. The number of piperidine rings is 1. The van der Waals surface area contributed by atoms with Gasteiger partial charge in [0.25, 0.3) is 0 Å². The Kier molecular flexibility index (Phi) is 8.46. The Morgan fingerprint density at radius 2 is 1.93 bits per heavy atom. The standard InChI is InChI=1S/C19H21Cl2N3O2.2ClH/c20-11-1-4-15(16(21)7-11)17-10-22-19(26-17)6-5-18(25)24-14-8-12-2-3-13(9-14)23-12;;/h1,4,7,10,12-14,23H,2-3,5-6,8-9H2,(H,24,25);2*1H. The van der Waals surface area contributed by atoms with Gasteiger partial charge in [0.1, 0.15) is 0 Å². The maximum atomic E-state index is 12.2. The first-order valence-electron chi connectivity index (χ1n) is 9.02. The van der Waals surface area contributed by atoms with E-state index >= 15 is 0 Å². The van der Waals surface area contributed by atoms with Crippen LogP contribution in [-0.2, 0) is 11.2 Å². The highest BCUT2D eigenvalue weighted by Gasteiger charge is 2.33. The number of hydrogen-bond acceptors (Lipinski definition) is 4. The fourth-order valence-corrected chi connectivity index (χ4v) is 4.44. The van der Waals surface area contributed by atoms with Gasteiger partial charge in [0.15, 0.2) is 11.7 Å². The zero-order valence-corrected chi connectivity index (χ0v) is 18.3. The molecule has 2 saturated heterocycles. The average Bonchev–Trinajstić information content (AvgIpc) is 3.19. The van der Waals surface area contributed by atoms with Crippen LogP contribution in [0.4, 0.5) is 0 Å². The van der Waals surface area contributed by atoms with Crippen molar-refractivity contribution in [2.75, 3.05) is 0 Å². The number of carbonyl (C=O) groups is 1. The molecule has 0 radical (unpaired) electrons. The number of nitrogens with one attached hydrogen (secondary N) is 2. The van der Waals surface area contributed by atoms with Gasteiger partial charge in [0, 0.05) is 41.6 Å². The van der Waals surface area contributed by atoms with Gasteiger partial charge in [-0.1, -0.05) is 23.2 Å². The third-order valence-electron chi connectivity index (χ3n) is 5.15. The van der Waals surface area contributed by atoms with E-state index in [-0.39, 0.29) is 36.8 Å². The Morgan fingerprint density at radius 3 is 2.61 bits per heavy atom. The number of hydrogen-bond donors (Lipinski definition) is 2. The van der Waals surface area contributed by atoms with E-state index in [9.17, 15) is 4.79 Å². The lowest BCUT2D eigenvalue weighted by Crippen LogP contribution is -2.48. The highest BCUT2D eigenvalue weighted by Crippen LogP contribution is 2.31. The molecule has 5 nitrogen and oxygen atoms in total. The predicted octanol–water partition coefficient (Wildman–Crippen LogP) is 4.82. The van der Waals surface area contributed by atoms with E-state index in [2.05, 4.69) is 15.6 Å². The van der Waals surface area contributed by atoms with Gasteiger partial charge in [-0.3, -0.25) is 4.79 Å². The number of fused-ring (bicyclic) bond motifs is 2. The number of aryl methyl sites for hydroxylation is 1. The summed E-state index contributed by atoms with van der Waals surface area (Å²) < 4.78 is 5.75. The molecule has 2 aromatic rings. The molecule has 9 heteroatoms. The highest BCUT2D eigenvalue weighted by molar-refractivity contribution is 6.36. The molecule has 1 aromatic carbocycles. The van der Waals surface area contributed by atoms with Crippen molar-refractivity contribution in [1.82, 2.24) is 15.6 Å². The monoisotopic (exact) mass is 465 g/mol. The lowest BCUT2D eigenvalue weighted by molar-refractivity contribution is -0.122. The summed E-state index contributed by atoms with van der Waals surface area (Å²) in [6.07, 6.45) is 6.98. The smallest absolute Gasteiger partial charge is 0.220 e. The van der Waals surface area contributed by atoms with Gasteiger partial charge in [-0.15, -0.1) is 24.8 Å². The molecule has 4 rings (SSSR count). The second-order valence-electron chi connectivity index (χ2n) is 7.12. The molecule has 2 atom stereocenters. The molecular weight excluding hydrogens is 444 g/mol. The molecule has 28 heavy (non-hydrogen) atoms. The van der Waals surface area contributed by atoms with Crippen LogP contribution in [0.1, 0.15) is 38.0 Å².